The number of hydrogen-bond donors (Lipinski definition) is 0. The summed E-state index contributed by atoms with van der Waals surface area (Å²) in [7, 11) is 0. The molecule has 0 N–H and O–H groups in total. The first-order valence-corrected chi connectivity index (χ1v) is 9.10. The minimum Gasteiger partial charge on any atom is -0.785 e. The molecule has 2 aromatic rings. The SMILES string of the molecule is [O-]N1CCC(=C2c3ccc(Cl)cc3SCc3cccnc32)CC1. The van der Waals surface area contributed by atoms with E-state index < -0.39 is 0 Å². The second-order valence-electron chi connectivity index (χ2n) is 5.85. The number of hydroxylamine groups is 2. The zero-order valence-corrected chi connectivity index (χ0v) is 14.2. The van der Waals surface area contributed by atoms with E-state index in [1.807, 2.05) is 24.4 Å². The molecule has 2 aliphatic rings. The van der Waals surface area contributed by atoms with Gasteiger partial charge in [0.2, 0.25) is 0 Å². The molecular weight excluding hydrogens is 328 g/mol. The summed E-state index contributed by atoms with van der Waals surface area (Å²) in [6.07, 6.45) is 3.47. The van der Waals surface area contributed by atoms with Gasteiger partial charge in [-0.15, -0.1) is 11.8 Å². The Bertz CT molecular complexity index is 780. The van der Waals surface area contributed by atoms with Gasteiger partial charge in [0.15, 0.2) is 0 Å². The highest BCUT2D eigenvalue weighted by Crippen LogP contribution is 2.43. The van der Waals surface area contributed by atoms with Crippen molar-refractivity contribution in [2.75, 3.05) is 13.1 Å². The van der Waals surface area contributed by atoms with Crippen molar-refractivity contribution in [1.82, 2.24) is 10.0 Å². The van der Waals surface area contributed by atoms with Crippen molar-refractivity contribution in [2.45, 2.75) is 23.5 Å². The van der Waals surface area contributed by atoms with Crippen LogP contribution in [-0.4, -0.2) is 23.1 Å². The van der Waals surface area contributed by atoms with E-state index in [9.17, 15) is 5.21 Å². The minimum atomic E-state index is 0.567. The second-order valence-corrected chi connectivity index (χ2v) is 7.30. The van der Waals surface area contributed by atoms with Gasteiger partial charge in [-0.2, -0.15) is 0 Å². The molecule has 0 spiro atoms. The topological polar surface area (TPSA) is 39.2 Å². The normalized spacial score (nSPS) is 18.3. The van der Waals surface area contributed by atoms with Crippen LogP contribution in [0.15, 0.2) is 47.0 Å². The predicted molar refractivity (Wildman–Crippen MR) is 95.4 cm³/mol. The van der Waals surface area contributed by atoms with Gasteiger partial charge in [0.25, 0.3) is 0 Å². The highest BCUT2D eigenvalue weighted by Gasteiger charge is 2.24. The number of piperidine rings is 1. The van der Waals surface area contributed by atoms with Crippen LogP contribution in [0.1, 0.15) is 29.7 Å². The molecule has 1 fully saturated rings. The van der Waals surface area contributed by atoms with Crippen molar-refractivity contribution in [3.63, 3.8) is 0 Å². The largest absolute Gasteiger partial charge is 0.785 e. The first-order valence-electron chi connectivity index (χ1n) is 7.73. The van der Waals surface area contributed by atoms with Crippen molar-refractivity contribution in [1.29, 1.82) is 0 Å². The Morgan fingerprint density at radius 3 is 2.83 bits per heavy atom. The van der Waals surface area contributed by atoms with Gasteiger partial charge in [0.05, 0.1) is 5.69 Å². The maximum absolute atomic E-state index is 11.6. The molecule has 4 rings (SSSR count). The summed E-state index contributed by atoms with van der Waals surface area (Å²) in [5, 5.41) is 13.5. The Morgan fingerprint density at radius 2 is 2.00 bits per heavy atom. The van der Waals surface area contributed by atoms with E-state index in [0.29, 0.717) is 13.1 Å². The molecule has 1 saturated heterocycles. The maximum atomic E-state index is 11.6. The van der Waals surface area contributed by atoms with E-state index in [-0.39, 0.29) is 0 Å². The lowest BCUT2D eigenvalue weighted by atomic mass is 9.89. The minimum absolute atomic E-state index is 0.567. The summed E-state index contributed by atoms with van der Waals surface area (Å²) in [6.45, 7) is 1.13. The number of halogens is 1. The van der Waals surface area contributed by atoms with Crippen LogP contribution in [0.25, 0.3) is 5.57 Å². The first kappa shape index (κ1) is 15.2. The molecule has 0 amide bonds. The summed E-state index contributed by atoms with van der Waals surface area (Å²) in [5.74, 6) is 0.890. The molecule has 0 atom stereocenters. The maximum Gasteiger partial charge on any atom is 0.0748 e. The average Bonchev–Trinajstić information content (AvgIpc) is 2.72. The highest BCUT2D eigenvalue weighted by atomic mass is 35.5. The zero-order valence-electron chi connectivity index (χ0n) is 12.6. The summed E-state index contributed by atoms with van der Waals surface area (Å²) in [5.41, 5.74) is 6.06. The summed E-state index contributed by atoms with van der Waals surface area (Å²) < 4.78 is 0. The van der Waals surface area contributed by atoms with Gasteiger partial charge in [0.1, 0.15) is 0 Å². The van der Waals surface area contributed by atoms with E-state index in [4.69, 9.17) is 11.6 Å². The third-order valence-corrected chi connectivity index (χ3v) is 5.74. The molecule has 118 valence electrons. The summed E-state index contributed by atoms with van der Waals surface area (Å²) in [6, 6.07) is 10.2. The van der Waals surface area contributed by atoms with Gasteiger partial charge in [-0.25, -0.2) is 0 Å². The van der Waals surface area contributed by atoms with Gasteiger partial charge < -0.3 is 10.3 Å². The van der Waals surface area contributed by atoms with Crippen LogP contribution in [-0.2, 0) is 5.75 Å². The van der Waals surface area contributed by atoms with E-state index in [1.165, 1.54) is 27.2 Å². The van der Waals surface area contributed by atoms with Gasteiger partial charge >= 0.3 is 0 Å². The number of aromatic nitrogens is 1. The fourth-order valence-corrected chi connectivity index (χ4v) is 4.57. The number of rotatable bonds is 0. The van der Waals surface area contributed by atoms with Crippen molar-refractivity contribution in [3.8, 4) is 0 Å². The Labute approximate surface area is 144 Å². The molecule has 0 radical (unpaired) electrons. The summed E-state index contributed by atoms with van der Waals surface area (Å²) >= 11 is 8.00. The number of hydrogen-bond acceptors (Lipinski definition) is 4. The Kier molecular flexibility index (Phi) is 4.16. The van der Waals surface area contributed by atoms with Crippen LogP contribution in [0.2, 0.25) is 5.02 Å². The van der Waals surface area contributed by atoms with Gasteiger partial charge in [0, 0.05) is 27.4 Å². The monoisotopic (exact) mass is 343 g/mol. The van der Waals surface area contributed by atoms with Gasteiger partial charge in [-0.1, -0.05) is 29.3 Å². The zero-order chi connectivity index (χ0) is 15.8. The van der Waals surface area contributed by atoms with E-state index in [2.05, 4.69) is 17.1 Å². The smallest absolute Gasteiger partial charge is 0.0748 e. The lowest BCUT2D eigenvalue weighted by Gasteiger charge is -2.34. The fraction of sp³-hybridized carbons (Fsp3) is 0.278. The second kappa shape index (κ2) is 6.29. The Morgan fingerprint density at radius 1 is 1.17 bits per heavy atom. The molecule has 0 saturated carbocycles. The first-order chi connectivity index (χ1) is 11.2. The van der Waals surface area contributed by atoms with E-state index in [1.54, 1.807) is 11.8 Å². The van der Waals surface area contributed by atoms with E-state index in [0.717, 1.165) is 34.4 Å². The molecule has 1 aromatic carbocycles. The molecule has 0 bridgehead atoms. The Balaban J connectivity index is 1.94. The van der Waals surface area contributed by atoms with Crippen molar-refractivity contribution < 1.29 is 0 Å². The standard InChI is InChI=1S/C18H16ClN2OS/c19-14-3-4-15-16(10-14)23-11-13-2-1-7-20-18(13)17(15)12-5-8-21(22)9-6-12/h1-4,7,10H,5-6,8-9,11H2/q-1. The molecule has 1 aromatic heterocycles. The van der Waals surface area contributed by atoms with Crippen LogP contribution in [0.3, 0.4) is 0 Å². The molecule has 5 heteroatoms. The van der Waals surface area contributed by atoms with Crippen LogP contribution in [0, 0.1) is 5.21 Å². The van der Waals surface area contributed by atoms with Crippen LogP contribution in [0.5, 0.6) is 0 Å². The van der Waals surface area contributed by atoms with E-state index >= 15 is 0 Å². The number of thioether (sulfide) groups is 1. The molecule has 3 nitrogen and oxygen atoms in total. The lowest BCUT2D eigenvalue weighted by Crippen LogP contribution is -2.25. The van der Waals surface area contributed by atoms with Crippen molar-refractivity contribution >= 4 is 28.9 Å². The number of fused-ring (bicyclic) bond motifs is 2. The lowest BCUT2D eigenvalue weighted by molar-refractivity contribution is 0.352. The molecule has 0 aliphatic carbocycles. The summed E-state index contributed by atoms with van der Waals surface area (Å²) in [4.78, 5) is 5.88. The average molecular weight is 344 g/mol. The number of nitrogens with zero attached hydrogens (tertiary/aromatic N) is 2. The number of pyridine rings is 1. The third kappa shape index (κ3) is 2.92. The van der Waals surface area contributed by atoms with Crippen LogP contribution >= 0.6 is 23.4 Å². The predicted octanol–water partition coefficient (Wildman–Crippen LogP) is 4.74. The van der Waals surface area contributed by atoms with Gasteiger partial charge in [-0.05, 0) is 55.3 Å². The molecule has 23 heavy (non-hydrogen) atoms. The third-order valence-electron chi connectivity index (χ3n) is 4.40. The van der Waals surface area contributed by atoms with Crippen molar-refractivity contribution in [3.05, 3.63) is 69.2 Å². The molecular formula is C18H16ClN2OS-. The number of benzene rings is 1. The van der Waals surface area contributed by atoms with Gasteiger partial charge in [-0.3, -0.25) is 4.98 Å². The van der Waals surface area contributed by atoms with Crippen LogP contribution < -0.4 is 0 Å². The molecule has 3 heterocycles. The molecule has 2 aliphatic heterocycles. The quantitative estimate of drug-likeness (QED) is 0.692. The molecule has 0 unspecified atom stereocenters. The Hall–Kier alpha value is -1.33. The fourth-order valence-electron chi connectivity index (χ4n) is 3.25. The van der Waals surface area contributed by atoms with Crippen LogP contribution in [0.4, 0.5) is 0 Å². The highest BCUT2D eigenvalue weighted by molar-refractivity contribution is 7.98. The van der Waals surface area contributed by atoms with Crippen molar-refractivity contribution in [2.24, 2.45) is 0 Å².